The Kier molecular flexibility index (Phi) is 3.52. The smallest absolute Gasteiger partial charge is 0.581 e. The van der Waals surface area contributed by atoms with Crippen LogP contribution in [0.25, 0.3) is 0 Å². The van der Waals surface area contributed by atoms with Gasteiger partial charge >= 0.3 is 29.6 Å². The molecule has 0 amide bonds. The fourth-order valence-corrected chi connectivity index (χ4v) is 0.152. The molecule has 0 aliphatic heterocycles. The summed E-state index contributed by atoms with van der Waals surface area (Å²) >= 11 is 0. The monoisotopic (exact) mass is 91.0 g/mol. The molecule has 0 saturated heterocycles. The second-order valence-corrected chi connectivity index (χ2v) is 0.623. The standard InChI is InChI=1S/C3H2NO.Na/c1-2-5-3-4-1;/h1-2H;/q-1;+1. The molecule has 0 radical (unpaired) electrons. The molecule has 2 nitrogen and oxygen atoms in total. The van der Waals surface area contributed by atoms with Gasteiger partial charge in [0.05, 0.1) is 0 Å². The Labute approximate surface area is 57.9 Å². The van der Waals surface area contributed by atoms with Gasteiger partial charge in [0.1, 0.15) is 6.39 Å². The van der Waals surface area contributed by atoms with Crippen molar-refractivity contribution in [3.63, 3.8) is 0 Å². The van der Waals surface area contributed by atoms with Gasteiger partial charge in [-0.05, 0) is 6.26 Å². The Hall–Kier alpha value is 0.210. The third-order valence-electron chi connectivity index (χ3n) is 0.309. The molecule has 3 heteroatoms. The maximum atomic E-state index is 4.35. The van der Waals surface area contributed by atoms with Gasteiger partial charge in [-0.3, -0.25) is 0 Å². The van der Waals surface area contributed by atoms with Crippen molar-refractivity contribution in [2.24, 2.45) is 0 Å². The summed E-state index contributed by atoms with van der Waals surface area (Å²) in [4.78, 5) is 3.43. The van der Waals surface area contributed by atoms with Crippen LogP contribution >= 0.6 is 0 Å². The summed E-state index contributed by atoms with van der Waals surface area (Å²) in [7, 11) is 0. The normalized spacial score (nSPS) is 6.67. The molecule has 0 spiro atoms. The molecule has 0 saturated carbocycles. The van der Waals surface area contributed by atoms with E-state index in [0.717, 1.165) is 0 Å². The third-order valence-corrected chi connectivity index (χ3v) is 0.309. The van der Waals surface area contributed by atoms with Gasteiger partial charge in [0.15, 0.2) is 0 Å². The molecule has 1 heterocycles. The molecular formula is C3H2NNaO. The number of hydrogen-bond acceptors (Lipinski definition) is 2. The van der Waals surface area contributed by atoms with Gasteiger partial charge in [0, 0.05) is 0 Å². The van der Waals surface area contributed by atoms with Crippen molar-refractivity contribution in [2.75, 3.05) is 0 Å². The van der Waals surface area contributed by atoms with Crippen LogP contribution in [0, 0.1) is 6.39 Å². The average molecular weight is 91.0 g/mol. The number of aromatic nitrogens is 1. The van der Waals surface area contributed by atoms with E-state index < -0.39 is 0 Å². The Balaban J connectivity index is 0.000000250. The number of rotatable bonds is 0. The van der Waals surface area contributed by atoms with Crippen molar-refractivity contribution < 1.29 is 34.0 Å². The van der Waals surface area contributed by atoms with Gasteiger partial charge in [-0.25, -0.2) is 0 Å². The summed E-state index contributed by atoms with van der Waals surface area (Å²) in [5.41, 5.74) is 0. The molecule has 6 heavy (non-hydrogen) atoms. The molecule has 0 aliphatic rings. The first-order chi connectivity index (χ1) is 2.50. The summed E-state index contributed by atoms with van der Waals surface area (Å²) in [5.74, 6) is 0. The first-order valence-corrected chi connectivity index (χ1v) is 1.25. The third kappa shape index (κ3) is 1.60. The molecule has 1 aromatic heterocycles. The summed E-state index contributed by atoms with van der Waals surface area (Å²) in [6.45, 7) is 0. The minimum atomic E-state index is 0. The van der Waals surface area contributed by atoms with E-state index in [1.54, 1.807) is 0 Å². The van der Waals surface area contributed by atoms with Crippen LogP contribution in [0.15, 0.2) is 16.9 Å². The van der Waals surface area contributed by atoms with E-state index in [4.69, 9.17) is 0 Å². The molecule has 0 bridgehead atoms. The topological polar surface area (TPSA) is 26.0 Å². The van der Waals surface area contributed by atoms with Crippen LogP contribution in [0.2, 0.25) is 0 Å². The van der Waals surface area contributed by atoms with E-state index in [0.29, 0.717) is 0 Å². The fourth-order valence-electron chi connectivity index (χ4n) is 0.152. The SMILES string of the molecule is [Na+].[c-]1ncco1. The predicted molar refractivity (Wildman–Crippen MR) is 15.3 cm³/mol. The second kappa shape index (κ2) is 3.40. The second-order valence-electron chi connectivity index (χ2n) is 0.623. The van der Waals surface area contributed by atoms with Gasteiger partial charge in [-0.1, -0.05) is 6.20 Å². The number of hydrogen-bond donors (Lipinski definition) is 0. The van der Waals surface area contributed by atoms with Crippen LogP contribution in [-0.4, -0.2) is 4.98 Å². The van der Waals surface area contributed by atoms with Crippen molar-refractivity contribution in [2.45, 2.75) is 0 Å². The molecule has 0 aromatic carbocycles. The maximum absolute atomic E-state index is 4.35. The average Bonchev–Trinajstić information content (AvgIpc) is 1.76. The predicted octanol–water partition coefficient (Wildman–Crippen LogP) is -2.52. The zero-order valence-electron chi connectivity index (χ0n) is 3.51. The molecule has 0 N–H and O–H groups in total. The van der Waals surface area contributed by atoms with E-state index in [2.05, 4.69) is 15.8 Å². The summed E-state index contributed by atoms with van der Waals surface area (Å²) in [5, 5.41) is 0. The Morgan fingerprint density at radius 3 is 2.67 bits per heavy atom. The number of nitrogens with zero attached hydrogens (tertiary/aromatic N) is 1. The van der Waals surface area contributed by atoms with Crippen LogP contribution < -0.4 is 29.6 Å². The van der Waals surface area contributed by atoms with E-state index in [-0.39, 0.29) is 29.6 Å². The van der Waals surface area contributed by atoms with Gasteiger partial charge < -0.3 is 9.40 Å². The van der Waals surface area contributed by atoms with Crippen LogP contribution in [0.5, 0.6) is 0 Å². The molecule has 26 valence electrons. The van der Waals surface area contributed by atoms with Crippen LogP contribution in [-0.2, 0) is 0 Å². The molecular weight excluding hydrogens is 89.0 g/mol. The first-order valence-electron chi connectivity index (χ1n) is 1.25. The first kappa shape index (κ1) is 6.21. The summed E-state index contributed by atoms with van der Waals surface area (Å²) in [6.07, 6.45) is 5.22. The molecule has 0 atom stereocenters. The van der Waals surface area contributed by atoms with E-state index in [9.17, 15) is 0 Å². The van der Waals surface area contributed by atoms with Gasteiger partial charge in [-0.2, -0.15) is 0 Å². The van der Waals surface area contributed by atoms with E-state index >= 15 is 0 Å². The summed E-state index contributed by atoms with van der Waals surface area (Å²) < 4.78 is 4.35. The number of oxazole rings is 1. The van der Waals surface area contributed by atoms with Gasteiger partial charge in [0.25, 0.3) is 0 Å². The quantitative estimate of drug-likeness (QED) is 0.260. The Morgan fingerprint density at radius 2 is 2.50 bits per heavy atom. The molecule has 0 fully saturated rings. The Bertz CT molecular complexity index is 67.3. The minimum Gasteiger partial charge on any atom is -0.581 e. The van der Waals surface area contributed by atoms with E-state index in [1.165, 1.54) is 12.5 Å². The summed E-state index contributed by atoms with van der Waals surface area (Å²) in [6, 6.07) is 0. The largest absolute Gasteiger partial charge is 1.00 e. The Morgan fingerprint density at radius 1 is 1.67 bits per heavy atom. The van der Waals surface area contributed by atoms with Crippen molar-refractivity contribution in [1.29, 1.82) is 0 Å². The van der Waals surface area contributed by atoms with Crippen LogP contribution in [0.4, 0.5) is 0 Å². The van der Waals surface area contributed by atoms with E-state index in [1.807, 2.05) is 0 Å². The van der Waals surface area contributed by atoms with Crippen LogP contribution in [0.1, 0.15) is 0 Å². The zero-order valence-corrected chi connectivity index (χ0v) is 5.51. The van der Waals surface area contributed by atoms with Crippen LogP contribution in [0.3, 0.4) is 0 Å². The zero-order chi connectivity index (χ0) is 3.54. The minimum absolute atomic E-state index is 0. The van der Waals surface area contributed by atoms with Gasteiger partial charge in [0.2, 0.25) is 0 Å². The molecule has 1 aromatic rings. The van der Waals surface area contributed by atoms with Crippen molar-refractivity contribution in [1.82, 2.24) is 4.98 Å². The molecule has 1 rings (SSSR count). The molecule has 0 aliphatic carbocycles. The molecule has 0 unspecified atom stereocenters. The van der Waals surface area contributed by atoms with Crippen molar-refractivity contribution >= 4 is 0 Å². The van der Waals surface area contributed by atoms with Crippen molar-refractivity contribution in [3.05, 3.63) is 18.9 Å². The van der Waals surface area contributed by atoms with Crippen molar-refractivity contribution in [3.8, 4) is 0 Å². The van der Waals surface area contributed by atoms with Gasteiger partial charge in [-0.15, -0.1) is 0 Å². The maximum Gasteiger partial charge on any atom is 1.00 e. The fraction of sp³-hybridized carbons (Fsp3) is 0.